The maximum absolute atomic E-state index is 13.5. The van der Waals surface area contributed by atoms with Crippen LogP contribution in [0, 0.1) is 5.82 Å². The Morgan fingerprint density at radius 1 is 1.15 bits per heavy atom. The third-order valence-corrected chi connectivity index (χ3v) is 3.27. The minimum Gasteiger partial charge on any atom is -0.383 e. The van der Waals surface area contributed by atoms with Crippen LogP contribution in [0.1, 0.15) is 0 Å². The number of hydrogen-bond donors (Lipinski definition) is 0. The summed E-state index contributed by atoms with van der Waals surface area (Å²) in [6, 6.07) is 14.6. The molecule has 0 fully saturated rings. The zero-order valence-corrected chi connectivity index (χ0v) is 11.2. The third kappa shape index (κ3) is 2.30. The molecular weight excluding hydrogens is 255 g/mol. The van der Waals surface area contributed by atoms with E-state index in [0.29, 0.717) is 13.2 Å². The van der Waals surface area contributed by atoms with Crippen LogP contribution in [0.5, 0.6) is 0 Å². The number of ether oxygens (including phenoxy) is 1. The number of fused-ring (bicyclic) bond motifs is 1. The van der Waals surface area contributed by atoms with Crippen molar-refractivity contribution in [1.29, 1.82) is 0 Å². The SMILES string of the molecule is COCCn1nc(-c2ccccc2)c2cc(F)ccc21. The minimum atomic E-state index is -0.249. The first-order valence-corrected chi connectivity index (χ1v) is 6.50. The molecular formula is C16H15FN2O. The van der Waals surface area contributed by atoms with Crippen LogP contribution in [0.2, 0.25) is 0 Å². The van der Waals surface area contributed by atoms with Crippen molar-refractivity contribution in [3.05, 3.63) is 54.3 Å². The lowest BCUT2D eigenvalue weighted by Gasteiger charge is -2.01. The molecule has 20 heavy (non-hydrogen) atoms. The fourth-order valence-electron chi connectivity index (χ4n) is 2.31. The number of nitrogens with zero attached hydrogens (tertiary/aromatic N) is 2. The summed E-state index contributed by atoms with van der Waals surface area (Å²) in [7, 11) is 1.66. The lowest BCUT2D eigenvalue weighted by Crippen LogP contribution is -2.05. The van der Waals surface area contributed by atoms with Gasteiger partial charge < -0.3 is 4.74 Å². The Kier molecular flexibility index (Phi) is 3.48. The number of hydrogen-bond acceptors (Lipinski definition) is 2. The van der Waals surface area contributed by atoms with Crippen LogP contribution < -0.4 is 0 Å². The Bertz CT molecular complexity index is 722. The predicted molar refractivity (Wildman–Crippen MR) is 77.0 cm³/mol. The van der Waals surface area contributed by atoms with E-state index in [0.717, 1.165) is 22.2 Å². The highest BCUT2D eigenvalue weighted by Crippen LogP contribution is 2.28. The molecule has 3 aromatic rings. The van der Waals surface area contributed by atoms with Crippen LogP contribution in [0.15, 0.2) is 48.5 Å². The molecule has 0 saturated carbocycles. The smallest absolute Gasteiger partial charge is 0.124 e. The van der Waals surface area contributed by atoms with Gasteiger partial charge in [0, 0.05) is 18.1 Å². The van der Waals surface area contributed by atoms with Gasteiger partial charge in [-0.2, -0.15) is 5.10 Å². The Morgan fingerprint density at radius 3 is 2.70 bits per heavy atom. The van der Waals surface area contributed by atoms with E-state index in [2.05, 4.69) is 5.10 Å². The first-order chi connectivity index (χ1) is 9.79. The molecule has 1 aromatic heterocycles. The molecule has 0 aliphatic rings. The third-order valence-electron chi connectivity index (χ3n) is 3.27. The van der Waals surface area contributed by atoms with Crippen molar-refractivity contribution in [2.45, 2.75) is 6.54 Å². The lowest BCUT2D eigenvalue weighted by molar-refractivity contribution is 0.185. The van der Waals surface area contributed by atoms with Crippen molar-refractivity contribution in [3.8, 4) is 11.3 Å². The van der Waals surface area contributed by atoms with E-state index in [1.807, 2.05) is 35.0 Å². The summed E-state index contributed by atoms with van der Waals surface area (Å²) in [6.45, 7) is 1.22. The number of rotatable bonds is 4. The van der Waals surface area contributed by atoms with Gasteiger partial charge in [0.15, 0.2) is 0 Å². The van der Waals surface area contributed by atoms with Gasteiger partial charge in [-0.25, -0.2) is 4.39 Å². The normalized spacial score (nSPS) is 11.1. The van der Waals surface area contributed by atoms with Gasteiger partial charge in [-0.1, -0.05) is 30.3 Å². The van der Waals surface area contributed by atoms with Crippen molar-refractivity contribution in [2.75, 3.05) is 13.7 Å². The largest absolute Gasteiger partial charge is 0.383 e. The second kappa shape index (κ2) is 5.43. The molecule has 0 bridgehead atoms. The Labute approximate surface area is 116 Å². The second-order valence-electron chi connectivity index (χ2n) is 4.59. The van der Waals surface area contributed by atoms with E-state index in [9.17, 15) is 4.39 Å². The molecule has 0 radical (unpaired) electrons. The zero-order valence-electron chi connectivity index (χ0n) is 11.2. The highest BCUT2D eigenvalue weighted by Gasteiger charge is 2.12. The molecule has 0 unspecified atom stereocenters. The molecule has 0 spiro atoms. The fraction of sp³-hybridized carbons (Fsp3) is 0.188. The van der Waals surface area contributed by atoms with Gasteiger partial charge in [-0.15, -0.1) is 0 Å². The number of aromatic nitrogens is 2. The summed E-state index contributed by atoms with van der Waals surface area (Å²) in [5, 5.41) is 5.43. The van der Waals surface area contributed by atoms with Gasteiger partial charge in [0.05, 0.1) is 18.7 Å². The molecule has 4 heteroatoms. The number of halogens is 1. The minimum absolute atomic E-state index is 0.249. The molecule has 3 nitrogen and oxygen atoms in total. The van der Waals surface area contributed by atoms with Gasteiger partial charge in [-0.05, 0) is 18.2 Å². The molecule has 0 amide bonds. The van der Waals surface area contributed by atoms with Crippen LogP contribution in [0.25, 0.3) is 22.2 Å². The van der Waals surface area contributed by atoms with Crippen LogP contribution in [-0.4, -0.2) is 23.5 Å². The average molecular weight is 270 g/mol. The summed E-state index contributed by atoms with van der Waals surface area (Å²) in [5.74, 6) is -0.249. The zero-order chi connectivity index (χ0) is 13.9. The molecule has 102 valence electrons. The average Bonchev–Trinajstić information content (AvgIpc) is 2.84. The van der Waals surface area contributed by atoms with Crippen LogP contribution in [-0.2, 0) is 11.3 Å². The first-order valence-electron chi connectivity index (χ1n) is 6.50. The molecule has 0 N–H and O–H groups in total. The summed E-state index contributed by atoms with van der Waals surface area (Å²) in [6.07, 6.45) is 0. The summed E-state index contributed by atoms with van der Waals surface area (Å²) < 4.78 is 20.5. The van der Waals surface area contributed by atoms with Crippen molar-refractivity contribution >= 4 is 10.9 Å². The molecule has 0 aliphatic carbocycles. The highest BCUT2D eigenvalue weighted by molar-refractivity contribution is 5.93. The van der Waals surface area contributed by atoms with E-state index >= 15 is 0 Å². The molecule has 0 atom stereocenters. The van der Waals surface area contributed by atoms with Crippen molar-refractivity contribution in [3.63, 3.8) is 0 Å². The summed E-state index contributed by atoms with van der Waals surface area (Å²) in [5.41, 5.74) is 2.71. The van der Waals surface area contributed by atoms with Crippen LogP contribution in [0.4, 0.5) is 4.39 Å². The predicted octanol–water partition coefficient (Wildman–Crippen LogP) is 3.49. The van der Waals surface area contributed by atoms with Crippen LogP contribution >= 0.6 is 0 Å². The fourth-order valence-corrected chi connectivity index (χ4v) is 2.31. The Hall–Kier alpha value is -2.20. The van der Waals surface area contributed by atoms with E-state index in [4.69, 9.17) is 4.74 Å². The van der Waals surface area contributed by atoms with Gasteiger partial charge in [0.25, 0.3) is 0 Å². The Balaban J connectivity index is 2.18. The van der Waals surface area contributed by atoms with Gasteiger partial charge in [-0.3, -0.25) is 4.68 Å². The molecule has 3 rings (SSSR count). The maximum Gasteiger partial charge on any atom is 0.124 e. The molecule has 1 heterocycles. The Morgan fingerprint density at radius 2 is 1.95 bits per heavy atom. The lowest BCUT2D eigenvalue weighted by atomic mass is 10.1. The highest BCUT2D eigenvalue weighted by atomic mass is 19.1. The monoisotopic (exact) mass is 270 g/mol. The second-order valence-corrected chi connectivity index (χ2v) is 4.59. The maximum atomic E-state index is 13.5. The quantitative estimate of drug-likeness (QED) is 0.725. The standard InChI is InChI=1S/C16H15FN2O/c1-20-10-9-19-15-8-7-13(17)11-14(15)16(18-19)12-5-3-2-4-6-12/h2-8,11H,9-10H2,1H3. The van der Waals surface area contributed by atoms with Crippen molar-refractivity contribution in [2.24, 2.45) is 0 Å². The van der Waals surface area contributed by atoms with Crippen LogP contribution in [0.3, 0.4) is 0 Å². The van der Waals surface area contributed by atoms with Gasteiger partial charge >= 0.3 is 0 Å². The van der Waals surface area contributed by atoms with Gasteiger partial charge in [0.2, 0.25) is 0 Å². The van der Waals surface area contributed by atoms with Crippen molar-refractivity contribution in [1.82, 2.24) is 9.78 Å². The van der Waals surface area contributed by atoms with Crippen molar-refractivity contribution < 1.29 is 9.13 Å². The molecule has 0 saturated heterocycles. The first kappa shape index (κ1) is 12.8. The molecule has 0 aliphatic heterocycles. The van der Waals surface area contributed by atoms with Gasteiger partial charge in [0.1, 0.15) is 11.5 Å². The summed E-state index contributed by atoms with van der Waals surface area (Å²) in [4.78, 5) is 0. The van der Waals surface area contributed by atoms with E-state index in [-0.39, 0.29) is 5.82 Å². The molecule has 2 aromatic carbocycles. The number of benzene rings is 2. The topological polar surface area (TPSA) is 27.1 Å². The van der Waals surface area contributed by atoms with E-state index < -0.39 is 0 Å². The van der Waals surface area contributed by atoms with E-state index in [1.165, 1.54) is 12.1 Å². The summed E-state index contributed by atoms with van der Waals surface area (Å²) >= 11 is 0. The number of methoxy groups -OCH3 is 1. The van der Waals surface area contributed by atoms with E-state index in [1.54, 1.807) is 13.2 Å².